The van der Waals surface area contributed by atoms with Gasteiger partial charge in [0.2, 0.25) is 5.91 Å². The molecule has 2 N–H and O–H groups in total. The summed E-state index contributed by atoms with van der Waals surface area (Å²) in [6.45, 7) is 2.08. The second kappa shape index (κ2) is 8.73. The molecule has 0 saturated heterocycles. The third-order valence-corrected chi connectivity index (χ3v) is 2.22. The van der Waals surface area contributed by atoms with Gasteiger partial charge in [-0.15, -0.1) is 0 Å². The van der Waals surface area contributed by atoms with Crippen molar-refractivity contribution in [2.24, 2.45) is 0 Å². The SMILES string of the molecule is CCOC(=O)NNC(=O)CCCOc1ccccc1F. The van der Waals surface area contributed by atoms with Crippen LogP contribution in [0, 0.1) is 5.82 Å². The Hall–Kier alpha value is -2.31. The number of hydrogen-bond acceptors (Lipinski definition) is 4. The number of carbonyl (C=O) groups is 2. The molecule has 0 radical (unpaired) electrons. The number of benzene rings is 1. The van der Waals surface area contributed by atoms with Crippen molar-refractivity contribution in [3.8, 4) is 5.75 Å². The molecule has 20 heavy (non-hydrogen) atoms. The molecule has 110 valence electrons. The molecule has 1 rings (SSSR count). The highest BCUT2D eigenvalue weighted by Crippen LogP contribution is 2.15. The predicted octanol–water partition coefficient (Wildman–Crippen LogP) is 1.76. The van der Waals surface area contributed by atoms with Gasteiger partial charge in [0.05, 0.1) is 13.2 Å². The normalized spacial score (nSPS) is 9.70. The van der Waals surface area contributed by atoms with Crippen LogP contribution in [-0.2, 0) is 9.53 Å². The van der Waals surface area contributed by atoms with Gasteiger partial charge >= 0.3 is 6.09 Å². The number of nitrogens with one attached hydrogen (secondary N) is 2. The van der Waals surface area contributed by atoms with Gasteiger partial charge in [-0.3, -0.25) is 10.2 Å². The maximum atomic E-state index is 13.2. The Balaban J connectivity index is 2.13. The fourth-order valence-electron chi connectivity index (χ4n) is 1.33. The molecule has 0 aliphatic carbocycles. The maximum Gasteiger partial charge on any atom is 0.426 e. The van der Waals surface area contributed by atoms with Crippen LogP contribution in [0.5, 0.6) is 5.75 Å². The van der Waals surface area contributed by atoms with E-state index in [4.69, 9.17) is 4.74 Å². The van der Waals surface area contributed by atoms with Crippen LogP contribution < -0.4 is 15.6 Å². The number of halogens is 1. The molecule has 1 aromatic carbocycles. The summed E-state index contributed by atoms with van der Waals surface area (Å²) in [5, 5.41) is 0. The van der Waals surface area contributed by atoms with E-state index in [0.717, 1.165) is 0 Å². The number of amides is 2. The second-order valence-electron chi connectivity index (χ2n) is 3.78. The average molecular weight is 284 g/mol. The first kappa shape index (κ1) is 15.7. The molecule has 0 aliphatic rings. The molecule has 6 nitrogen and oxygen atoms in total. The van der Waals surface area contributed by atoms with Gasteiger partial charge in [0.1, 0.15) is 0 Å². The fraction of sp³-hybridized carbons (Fsp3) is 0.385. The van der Waals surface area contributed by atoms with Gasteiger partial charge in [0.25, 0.3) is 0 Å². The summed E-state index contributed by atoms with van der Waals surface area (Å²) in [4.78, 5) is 22.2. The summed E-state index contributed by atoms with van der Waals surface area (Å²) in [6.07, 6.45) is -0.186. The lowest BCUT2D eigenvalue weighted by molar-refractivity contribution is -0.122. The molecule has 0 bridgehead atoms. The van der Waals surface area contributed by atoms with Crippen molar-refractivity contribution >= 4 is 12.0 Å². The molecule has 0 unspecified atom stereocenters. The summed E-state index contributed by atoms with van der Waals surface area (Å²) in [6, 6.07) is 6.04. The van der Waals surface area contributed by atoms with Crippen LogP contribution in [0.2, 0.25) is 0 Å². The zero-order chi connectivity index (χ0) is 14.8. The minimum atomic E-state index is -0.719. The van der Waals surface area contributed by atoms with Gasteiger partial charge in [0, 0.05) is 6.42 Å². The topological polar surface area (TPSA) is 76.7 Å². The van der Waals surface area contributed by atoms with Crippen LogP contribution in [0.15, 0.2) is 24.3 Å². The Kier molecular flexibility index (Phi) is 6.88. The van der Waals surface area contributed by atoms with E-state index in [1.807, 2.05) is 0 Å². The summed E-state index contributed by atoms with van der Waals surface area (Å²) in [7, 11) is 0. The van der Waals surface area contributed by atoms with Crippen LogP contribution in [0.3, 0.4) is 0 Å². The quantitative estimate of drug-likeness (QED) is 0.616. The zero-order valence-electron chi connectivity index (χ0n) is 11.1. The fourth-order valence-corrected chi connectivity index (χ4v) is 1.33. The van der Waals surface area contributed by atoms with Gasteiger partial charge in [-0.1, -0.05) is 12.1 Å². The Bertz CT molecular complexity index is 454. The minimum Gasteiger partial charge on any atom is -0.491 e. The van der Waals surface area contributed by atoms with Crippen molar-refractivity contribution in [2.45, 2.75) is 19.8 Å². The van der Waals surface area contributed by atoms with Crippen LogP contribution in [0.4, 0.5) is 9.18 Å². The van der Waals surface area contributed by atoms with Crippen molar-refractivity contribution in [1.82, 2.24) is 10.9 Å². The number of rotatable bonds is 6. The standard InChI is InChI=1S/C13H17FN2O4/c1-2-19-13(18)16-15-12(17)8-5-9-20-11-7-4-3-6-10(11)14/h3-4,6-7H,2,5,8-9H2,1H3,(H,15,17)(H,16,18). The Morgan fingerprint density at radius 1 is 1.25 bits per heavy atom. The van der Waals surface area contributed by atoms with Crippen LogP contribution in [0.1, 0.15) is 19.8 Å². The Morgan fingerprint density at radius 3 is 2.70 bits per heavy atom. The number of para-hydroxylation sites is 1. The molecule has 1 aromatic rings. The lowest BCUT2D eigenvalue weighted by Crippen LogP contribution is -2.41. The highest BCUT2D eigenvalue weighted by molar-refractivity contribution is 5.78. The molecule has 2 amide bonds. The van der Waals surface area contributed by atoms with E-state index in [1.54, 1.807) is 19.1 Å². The zero-order valence-corrected chi connectivity index (χ0v) is 11.1. The third kappa shape index (κ3) is 6.03. The lowest BCUT2D eigenvalue weighted by Gasteiger charge is -2.08. The number of hydrogen-bond donors (Lipinski definition) is 2. The molecule has 0 aromatic heterocycles. The number of carbonyl (C=O) groups excluding carboxylic acids is 2. The molecule has 0 aliphatic heterocycles. The van der Waals surface area contributed by atoms with Gasteiger partial charge in [-0.05, 0) is 25.5 Å². The van der Waals surface area contributed by atoms with Gasteiger partial charge in [0.15, 0.2) is 11.6 Å². The maximum absolute atomic E-state index is 13.2. The van der Waals surface area contributed by atoms with Gasteiger partial charge in [-0.2, -0.15) is 0 Å². The first-order chi connectivity index (χ1) is 9.63. The van der Waals surface area contributed by atoms with Crippen molar-refractivity contribution in [2.75, 3.05) is 13.2 Å². The van der Waals surface area contributed by atoms with Crippen molar-refractivity contribution in [3.05, 3.63) is 30.1 Å². The van der Waals surface area contributed by atoms with Crippen molar-refractivity contribution in [1.29, 1.82) is 0 Å². The molecule has 0 heterocycles. The Labute approximate surface area is 116 Å². The average Bonchev–Trinajstić information content (AvgIpc) is 2.43. The Morgan fingerprint density at radius 2 is 2.00 bits per heavy atom. The molecule has 0 atom stereocenters. The van der Waals surface area contributed by atoms with Crippen LogP contribution >= 0.6 is 0 Å². The molecule has 0 saturated carbocycles. The predicted molar refractivity (Wildman–Crippen MR) is 69.4 cm³/mol. The second-order valence-corrected chi connectivity index (χ2v) is 3.78. The van der Waals surface area contributed by atoms with Crippen molar-refractivity contribution in [3.63, 3.8) is 0 Å². The largest absolute Gasteiger partial charge is 0.491 e. The number of hydrazine groups is 1. The van der Waals surface area contributed by atoms with E-state index < -0.39 is 11.9 Å². The highest BCUT2D eigenvalue weighted by Gasteiger charge is 2.05. The molecular formula is C13H17FN2O4. The summed E-state index contributed by atoms with van der Waals surface area (Å²) in [5.41, 5.74) is 4.27. The third-order valence-electron chi connectivity index (χ3n) is 2.22. The smallest absolute Gasteiger partial charge is 0.426 e. The van der Waals surface area contributed by atoms with Gasteiger partial charge < -0.3 is 9.47 Å². The van der Waals surface area contributed by atoms with E-state index in [2.05, 4.69) is 15.6 Å². The highest BCUT2D eigenvalue weighted by atomic mass is 19.1. The molecule has 0 fully saturated rings. The minimum absolute atomic E-state index is 0.140. The lowest BCUT2D eigenvalue weighted by atomic mass is 10.3. The van der Waals surface area contributed by atoms with Crippen LogP contribution in [0.25, 0.3) is 0 Å². The molecule has 7 heteroatoms. The van der Waals surface area contributed by atoms with Crippen LogP contribution in [-0.4, -0.2) is 25.2 Å². The summed E-state index contributed by atoms with van der Waals surface area (Å²) < 4.78 is 22.9. The van der Waals surface area contributed by atoms with E-state index in [9.17, 15) is 14.0 Å². The molecular weight excluding hydrogens is 267 g/mol. The summed E-state index contributed by atoms with van der Waals surface area (Å²) in [5.74, 6) is -0.673. The number of ether oxygens (including phenoxy) is 2. The monoisotopic (exact) mass is 284 g/mol. The molecule has 0 spiro atoms. The summed E-state index contributed by atoms with van der Waals surface area (Å²) >= 11 is 0. The first-order valence-corrected chi connectivity index (χ1v) is 6.22. The van der Waals surface area contributed by atoms with E-state index in [1.165, 1.54) is 12.1 Å². The van der Waals surface area contributed by atoms with E-state index in [0.29, 0.717) is 6.42 Å². The van der Waals surface area contributed by atoms with Crippen molar-refractivity contribution < 1.29 is 23.5 Å². The first-order valence-electron chi connectivity index (χ1n) is 6.22. The van der Waals surface area contributed by atoms with E-state index in [-0.39, 0.29) is 31.3 Å². The van der Waals surface area contributed by atoms with Gasteiger partial charge in [-0.25, -0.2) is 14.6 Å². The van der Waals surface area contributed by atoms with E-state index >= 15 is 0 Å².